The Morgan fingerprint density at radius 1 is 1.03 bits per heavy atom. The summed E-state index contributed by atoms with van der Waals surface area (Å²) in [7, 11) is 8.04. The van der Waals surface area contributed by atoms with Gasteiger partial charge in [-0.1, -0.05) is 0 Å². The lowest BCUT2D eigenvalue weighted by Gasteiger charge is -2.23. The van der Waals surface area contributed by atoms with Crippen LogP contribution in [-0.4, -0.2) is 58.7 Å². The Morgan fingerprint density at radius 3 is 2.63 bits per heavy atom. The fourth-order valence-corrected chi connectivity index (χ4v) is 4.33. The third-order valence-electron chi connectivity index (χ3n) is 6.20. The Morgan fingerprint density at radius 2 is 1.86 bits per heavy atom. The molecule has 0 spiro atoms. The maximum absolute atomic E-state index is 13.9. The van der Waals surface area contributed by atoms with Gasteiger partial charge < -0.3 is 30.4 Å². The van der Waals surface area contributed by atoms with Crippen molar-refractivity contribution in [2.45, 2.75) is 0 Å². The summed E-state index contributed by atoms with van der Waals surface area (Å²) >= 11 is 0. The summed E-state index contributed by atoms with van der Waals surface area (Å²) < 4.78 is 15.8. The first-order valence-electron chi connectivity index (χ1n) is 11.4. The summed E-state index contributed by atoms with van der Waals surface area (Å²) in [5.41, 5.74) is 12.0. The number of H-pyrrole nitrogens is 1. The molecule has 0 saturated carbocycles. The van der Waals surface area contributed by atoms with Crippen LogP contribution in [0.4, 0.5) is 27.4 Å². The molecule has 8 nitrogen and oxygen atoms in total. The van der Waals surface area contributed by atoms with E-state index in [4.69, 9.17) is 10.7 Å². The Labute approximate surface area is 203 Å². The Balaban J connectivity index is 1.50. The molecular formula is C26H29FN8. The standard InChI is InChI=1S/C26H29FN8/c1-33(2)11-12-34(3)22-8-6-17(14-21(22)28)30-26-31-24(19-9-10-29-25(19)32-26)20-15-35(4)23-13-16(27)5-7-18(20)23/h5-10,13-15H,11-12,28H2,1-4H3,(H2,29,30,31,32). The Kier molecular flexibility index (Phi) is 5.78. The van der Waals surface area contributed by atoms with Crippen LogP contribution in [0.2, 0.25) is 0 Å². The maximum Gasteiger partial charge on any atom is 0.229 e. The molecule has 0 bridgehead atoms. The predicted molar refractivity (Wildman–Crippen MR) is 142 cm³/mol. The molecule has 0 amide bonds. The smallest absolute Gasteiger partial charge is 0.229 e. The van der Waals surface area contributed by atoms with Gasteiger partial charge in [-0.3, -0.25) is 0 Å². The van der Waals surface area contributed by atoms with Gasteiger partial charge in [-0.2, -0.15) is 4.98 Å². The van der Waals surface area contributed by atoms with Gasteiger partial charge in [0.15, 0.2) is 0 Å². The number of aromatic amines is 1. The zero-order chi connectivity index (χ0) is 24.7. The number of anilines is 4. The van der Waals surface area contributed by atoms with Crippen molar-refractivity contribution in [3.8, 4) is 11.3 Å². The van der Waals surface area contributed by atoms with E-state index in [1.807, 2.05) is 55.3 Å². The summed E-state index contributed by atoms with van der Waals surface area (Å²) in [5.74, 6) is 0.178. The number of likely N-dealkylation sites (N-methyl/N-ethyl adjacent to an activating group) is 2. The van der Waals surface area contributed by atoms with Gasteiger partial charge in [-0.25, -0.2) is 9.37 Å². The van der Waals surface area contributed by atoms with Crippen LogP contribution in [0, 0.1) is 5.82 Å². The van der Waals surface area contributed by atoms with Gasteiger partial charge in [-0.05, 0) is 56.6 Å². The number of rotatable bonds is 7. The first-order chi connectivity index (χ1) is 16.8. The monoisotopic (exact) mass is 472 g/mol. The molecular weight excluding hydrogens is 443 g/mol. The minimum atomic E-state index is -0.268. The number of hydrogen-bond donors (Lipinski definition) is 3. The van der Waals surface area contributed by atoms with Crippen molar-refractivity contribution in [3.63, 3.8) is 0 Å². The highest BCUT2D eigenvalue weighted by Gasteiger charge is 2.17. The van der Waals surface area contributed by atoms with Crippen LogP contribution in [0.5, 0.6) is 0 Å². The average Bonchev–Trinajstić information content (AvgIpc) is 3.41. The molecule has 0 radical (unpaired) electrons. The summed E-state index contributed by atoms with van der Waals surface area (Å²) in [6.45, 7) is 1.80. The van der Waals surface area contributed by atoms with Crippen LogP contribution in [0.15, 0.2) is 54.9 Å². The molecule has 0 aliphatic carbocycles. The molecule has 3 heterocycles. The van der Waals surface area contributed by atoms with Gasteiger partial charge >= 0.3 is 0 Å². The number of halogens is 1. The highest BCUT2D eigenvalue weighted by atomic mass is 19.1. The van der Waals surface area contributed by atoms with Crippen molar-refractivity contribution in [1.82, 2.24) is 24.4 Å². The minimum absolute atomic E-state index is 0.268. The van der Waals surface area contributed by atoms with Gasteiger partial charge in [0.2, 0.25) is 5.95 Å². The summed E-state index contributed by atoms with van der Waals surface area (Å²) in [6, 6.07) is 12.6. The number of aryl methyl sites for hydroxylation is 1. The molecule has 3 aromatic heterocycles. The molecule has 0 aliphatic heterocycles. The molecule has 4 N–H and O–H groups in total. The normalized spacial score (nSPS) is 11.6. The number of aromatic nitrogens is 4. The lowest BCUT2D eigenvalue weighted by molar-refractivity contribution is 0.416. The van der Waals surface area contributed by atoms with Crippen LogP contribution < -0.4 is 16.0 Å². The first kappa shape index (κ1) is 22.7. The molecule has 9 heteroatoms. The molecule has 5 rings (SSSR count). The zero-order valence-electron chi connectivity index (χ0n) is 20.3. The van der Waals surface area contributed by atoms with Crippen molar-refractivity contribution in [1.29, 1.82) is 0 Å². The van der Waals surface area contributed by atoms with E-state index in [9.17, 15) is 4.39 Å². The van der Waals surface area contributed by atoms with Gasteiger partial charge in [0.05, 0.1) is 22.6 Å². The first-order valence-corrected chi connectivity index (χ1v) is 11.4. The molecule has 0 unspecified atom stereocenters. The SMILES string of the molecule is CN(C)CCN(C)c1ccc(Nc2nc(-c3cn(C)c4cc(F)ccc34)c3cc[nH]c3n2)cc1N. The molecule has 0 saturated heterocycles. The van der Waals surface area contributed by atoms with Crippen LogP contribution in [0.25, 0.3) is 33.2 Å². The van der Waals surface area contributed by atoms with Crippen molar-refractivity contribution in [2.75, 3.05) is 50.2 Å². The van der Waals surface area contributed by atoms with Crippen LogP contribution in [-0.2, 0) is 7.05 Å². The number of nitrogens with zero attached hydrogens (tertiary/aromatic N) is 5. The highest BCUT2D eigenvalue weighted by Crippen LogP contribution is 2.35. The quantitative estimate of drug-likeness (QED) is 0.301. The summed E-state index contributed by atoms with van der Waals surface area (Å²) in [5, 5.41) is 5.12. The van der Waals surface area contributed by atoms with Crippen molar-refractivity contribution in [2.24, 2.45) is 7.05 Å². The average molecular weight is 473 g/mol. The third-order valence-corrected chi connectivity index (χ3v) is 6.20. The van der Waals surface area contributed by atoms with Crippen molar-refractivity contribution >= 4 is 44.9 Å². The highest BCUT2D eigenvalue weighted by molar-refractivity contribution is 6.02. The second-order valence-corrected chi connectivity index (χ2v) is 9.07. The number of nitrogens with two attached hydrogens (primary N) is 1. The van der Waals surface area contributed by atoms with Crippen molar-refractivity contribution in [3.05, 3.63) is 60.7 Å². The van der Waals surface area contributed by atoms with Crippen LogP contribution in [0.1, 0.15) is 0 Å². The van der Waals surface area contributed by atoms with E-state index in [0.717, 1.165) is 52.0 Å². The van der Waals surface area contributed by atoms with Gasteiger partial charge in [0.25, 0.3) is 0 Å². The van der Waals surface area contributed by atoms with E-state index in [1.54, 1.807) is 6.07 Å². The topological polar surface area (TPSA) is 91.0 Å². The van der Waals surface area contributed by atoms with Crippen LogP contribution >= 0.6 is 0 Å². The van der Waals surface area contributed by atoms with Crippen molar-refractivity contribution < 1.29 is 4.39 Å². The molecule has 180 valence electrons. The number of nitrogen functional groups attached to an aromatic ring is 1. The van der Waals surface area contributed by atoms with E-state index in [0.29, 0.717) is 17.3 Å². The van der Waals surface area contributed by atoms with E-state index in [1.165, 1.54) is 12.1 Å². The van der Waals surface area contributed by atoms with Gasteiger partial charge in [0.1, 0.15) is 11.5 Å². The predicted octanol–water partition coefficient (Wildman–Crippen LogP) is 4.58. The van der Waals surface area contributed by atoms with E-state index >= 15 is 0 Å². The Bertz CT molecular complexity index is 1520. The number of fused-ring (bicyclic) bond motifs is 2. The lowest BCUT2D eigenvalue weighted by Crippen LogP contribution is -2.28. The summed E-state index contributed by atoms with van der Waals surface area (Å²) in [6.07, 6.45) is 3.81. The molecule has 0 aliphatic rings. The second kappa shape index (κ2) is 8.92. The molecule has 35 heavy (non-hydrogen) atoms. The largest absolute Gasteiger partial charge is 0.397 e. The lowest BCUT2D eigenvalue weighted by atomic mass is 10.1. The second-order valence-electron chi connectivity index (χ2n) is 9.07. The fourth-order valence-electron chi connectivity index (χ4n) is 4.33. The molecule has 0 atom stereocenters. The zero-order valence-corrected chi connectivity index (χ0v) is 20.3. The van der Waals surface area contributed by atoms with Gasteiger partial charge in [-0.15, -0.1) is 0 Å². The number of hydrogen-bond acceptors (Lipinski definition) is 6. The fraction of sp³-hybridized carbons (Fsp3) is 0.231. The third kappa shape index (κ3) is 4.38. The Hall–Kier alpha value is -4.11. The maximum atomic E-state index is 13.9. The molecule has 0 fully saturated rings. The van der Waals surface area contributed by atoms with Gasteiger partial charge in [0, 0.05) is 61.6 Å². The van der Waals surface area contributed by atoms with E-state index in [-0.39, 0.29) is 5.82 Å². The number of benzene rings is 2. The van der Waals surface area contributed by atoms with E-state index < -0.39 is 0 Å². The summed E-state index contributed by atoms with van der Waals surface area (Å²) in [4.78, 5) is 17.0. The number of nitrogens with one attached hydrogen (secondary N) is 2. The molecule has 2 aromatic carbocycles. The van der Waals surface area contributed by atoms with E-state index in [2.05, 4.69) is 39.2 Å². The minimum Gasteiger partial charge on any atom is -0.397 e. The van der Waals surface area contributed by atoms with Crippen LogP contribution in [0.3, 0.4) is 0 Å². The molecule has 5 aromatic rings.